The van der Waals surface area contributed by atoms with E-state index in [0.717, 1.165) is 80.0 Å². The second-order valence-corrected chi connectivity index (χ2v) is 11.6. The Morgan fingerprint density at radius 3 is 2.56 bits per heavy atom. The molecule has 0 amide bonds. The molecule has 7 rings (SSSR count). The van der Waals surface area contributed by atoms with E-state index < -0.39 is 11.8 Å². The van der Waals surface area contributed by atoms with Crippen LogP contribution in [0.1, 0.15) is 59.5 Å². The summed E-state index contributed by atoms with van der Waals surface area (Å²) >= 11 is 6.04. The number of hydrogen-bond donors (Lipinski definition) is 2. The number of halogens is 1. The van der Waals surface area contributed by atoms with Crippen molar-refractivity contribution in [3.63, 3.8) is 0 Å². The van der Waals surface area contributed by atoms with Crippen LogP contribution in [0.4, 0.5) is 0 Å². The maximum Gasteiger partial charge on any atom is 0.335 e. The lowest BCUT2D eigenvalue weighted by atomic mass is 9.88. The first kappa shape index (κ1) is 29.4. The molecule has 2 atom stereocenters. The molecule has 1 unspecified atom stereocenters. The monoisotopic (exact) mass is 606 g/mol. The van der Waals surface area contributed by atoms with Crippen LogP contribution in [0.3, 0.4) is 0 Å². The average Bonchev–Trinajstić information content (AvgIpc) is 3.53. The van der Waals surface area contributed by atoms with Crippen LogP contribution in [0.5, 0.6) is 11.5 Å². The zero-order chi connectivity index (χ0) is 30.1. The Hall–Kier alpha value is -3.70. The molecule has 0 saturated carbocycles. The highest BCUT2D eigenvalue weighted by molar-refractivity contribution is 6.30. The van der Waals surface area contributed by atoms with Crippen LogP contribution < -0.4 is 9.47 Å². The van der Waals surface area contributed by atoms with E-state index in [0.29, 0.717) is 29.7 Å². The number of aliphatic hydroxyl groups excluding tert-OH is 1. The van der Waals surface area contributed by atoms with E-state index in [1.54, 1.807) is 30.5 Å². The van der Waals surface area contributed by atoms with E-state index in [4.69, 9.17) is 35.9 Å². The van der Waals surface area contributed by atoms with Gasteiger partial charge in [-0.25, -0.2) is 9.78 Å². The first-order valence-corrected chi connectivity index (χ1v) is 14.9. The summed E-state index contributed by atoms with van der Waals surface area (Å²) in [5.41, 5.74) is 3.76. The first-order valence-electron chi connectivity index (χ1n) is 14.5. The smallest absolute Gasteiger partial charge is 0.335 e. The molecule has 3 aliphatic rings. The van der Waals surface area contributed by atoms with Crippen LogP contribution in [0.2, 0.25) is 5.02 Å². The number of aromatic carboxylic acids is 1. The summed E-state index contributed by atoms with van der Waals surface area (Å²) in [5, 5.41) is 17.1. The van der Waals surface area contributed by atoms with Crippen LogP contribution in [-0.4, -0.2) is 68.5 Å². The average molecular weight is 607 g/mol. The molecule has 0 aliphatic carbocycles. The number of para-hydroxylation sites is 1. The lowest BCUT2D eigenvalue weighted by Gasteiger charge is -2.33. The predicted octanol–water partition coefficient (Wildman–Crippen LogP) is 5.20. The minimum Gasteiger partial charge on any atom is -0.478 e. The Balaban J connectivity index is 0.00000161. The van der Waals surface area contributed by atoms with Crippen LogP contribution >= 0.6 is 11.6 Å². The van der Waals surface area contributed by atoms with E-state index in [-0.39, 0.29) is 11.7 Å². The Morgan fingerprint density at radius 2 is 1.88 bits per heavy atom. The minimum absolute atomic E-state index is 0.140. The van der Waals surface area contributed by atoms with Crippen LogP contribution in [0.15, 0.2) is 54.7 Å². The molecule has 226 valence electrons. The number of ether oxygens (including phenoxy) is 3. The summed E-state index contributed by atoms with van der Waals surface area (Å²) in [6.07, 6.45) is 4.70. The first-order chi connectivity index (χ1) is 20.9. The molecular weight excluding hydrogens is 572 g/mol. The van der Waals surface area contributed by atoms with Gasteiger partial charge in [0.05, 0.1) is 40.8 Å². The van der Waals surface area contributed by atoms with Gasteiger partial charge >= 0.3 is 5.97 Å². The number of fused-ring (bicyclic) bond motifs is 2. The summed E-state index contributed by atoms with van der Waals surface area (Å²) in [4.78, 5) is 23.4. The molecule has 0 radical (unpaired) electrons. The van der Waals surface area contributed by atoms with Gasteiger partial charge in [0.15, 0.2) is 11.5 Å². The molecule has 43 heavy (non-hydrogen) atoms. The van der Waals surface area contributed by atoms with Gasteiger partial charge < -0.3 is 29.0 Å². The number of likely N-dealkylation sites (tertiary alicyclic amines) is 1. The number of carboxylic acid groups (broad SMARTS) is 1. The van der Waals surface area contributed by atoms with Gasteiger partial charge in [-0.05, 0) is 74.7 Å². The van der Waals surface area contributed by atoms with Gasteiger partial charge in [-0.1, -0.05) is 23.7 Å². The SMILES string of the molecule is CO.C[C@]1(c2ccc(Cl)cn2)Oc2cccc(C3CCN(Cc4nc5ccc(C(=O)O)cc5n4CC4CCO4)CC3)c2O1. The largest absolute Gasteiger partial charge is 0.478 e. The van der Waals surface area contributed by atoms with Crippen LogP contribution in [-0.2, 0) is 23.6 Å². The Morgan fingerprint density at radius 1 is 1.09 bits per heavy atom. The highest BCUT2D eigenvalue weighted by Crippen LogP contribution is 2.49. The lowest BCUT2D eigenvalue weighted by molar-refractivity contribution is -0.0722. The third kappa shape index (κ3) is 5.80. The molecule has 11 heteroatoms. The van der Waals surface area contributed by atoms with Crippen molar-refractivity contribution in [2.45, 2.75) is 57.1 Å². The fraction of sp³-hybridized carbons (Fsp3) is 0.406. The van der Waals surface area contributed by atoms with Crippen molar-refractivity contribution in [1.29, 1.82) is 0 Å². The van der Waals surface area contributed by atoms with E-state index in [2.05, 4.69) is 20.5 Å². The number of carboxylic acids is 1. The summed E-state index contributed by atoms with van der Waals surface area (Å²) in [5.74, 6) is 0.868. The normalized spacial score (nSPS) is 21.7. The van der Waals surface area contributed by atoms with E-state index in [1.165, 1.54) is 0 Å². The predicted molar refractivity (Wildman–Crippen MR) is 161 cm³/mol. The van der Waals surface area contributed by atoms with Gasteiger partial charge in [-0.15, -0.1) is 0 Å². The van der Waals surface area contributed by atoms with Crippen LogP contribution in [0, 0.1) is 0 Å². The Bertz CT molecular complexity index is 1610. The molecule has 2 saturated heterocycles. The van der Waals surface area contributed by atoms with E-state index in [9.17, 15) is 9.90 Å². The van der Waals surface area contributed by atoms with Crippen molar-refractivity contribution in [2.75, 3.05) is 26.8 Å². The lowest BCUT2D eigenvalue weighted by Crippen LogP contribution is -2.35. The zero-order valence-corrected chi connectivity index (χ0v) is 25.0. The summed E-state index contributed by atoms with van der Waals surface area (Å²) in [6, 6.07) is 14.9. The van der Waals surface area contributed by atoms with Crippen molar-refractivity contribution < 1.29 is 29.2 Å². The Labute approximate surface area is 254 Å². The second kappa shape index (κ2) is 12.1. The topological polar surface area (TPSA) is 119 Å². The molecule has 2 N–H and O–H groups in total. The second-order valence-electron chi connectivity index (χ2n) is 11.2. The molecule has 4 aromatic rings. The van der Waals surface area contributed by atoms with Gasteiger partial charge in [-0.3, -0.25) is 9.88 Å². The van der Waals surface area contributed by atoms with Crippen molar-refractivity contribution >= 4 is 28.6 Å². The van der Waals surface area contributed by atoms with Crippen molar-refractivity contribution in [2.24, 2.45) is 0 Å². The summed E-state index contributed by atoms with van der Waals surface area (Å²) in [6.45, 7) is 5.86. The fourth-order valence-electron chi connectivity index (χ4n) is 6.08. The van der Waals surface area contributed by atoms with Gasteiger partial charge in [0.25, 0.3) is 5.79 Å². The number of aromatic nitrogens is 3. The van der Waals surface area contributed by atoms with Crippen molar-refractivity contribution in [1.82, 2.24) is 19.4 Å². The van der Waals surface area contributed by atoms with Gasteiger partial charge in [-0.2, -0.15) is 0 Å². The third-order valence-electron chi connectivity index (χ3n) is 8.45. The molecular formula is C32H35ClN4O6. The number of imidazole rings is 1. The third-order valence-corrected chi connectivity index (χ3v) is 8.67. The van der Waals surface area contributed by atoms with Gasteiger partial charge in [0.1, 0.15) is 11.5 Å². The molecule has 0 bridgehead atoms. The molecule has 5 heterocycles. The Kier molecular flexibility index (Phi) is 8.28. The van der Waals surface area contributed by atoms with Crippen molar-refractivity contribution in [3.05, 3.63) is 82.4 Å². The standard InChI is InChI=1S/C31H31ClN4O5.CH4O/c1-31(27-8-6-21(32)16-33-27)40-26-4-2-3-23(29(26)41-31)19-9-12-35(13-10-19)18-28-34-24-7-5-20(30(37)38)15-25(24)36(28)17-22-11-14-39-22;1-2/h2-8,15-16,19,22H,9-14,17-18H2,1H3,(H,37,38);2H,1H3/t22?,31-;/m0./s1. The molecule has 3 aliphatic heterocycles. The number of aliphatic hydroxyl groups is 1. The summed E-state index contributed by atoms with van der Waals surface area (Å²) in [7, 11) is 1.00. The maximum absolute atomic E-state index is 11.6. The molecule has 2 aromatic heterocycles. The number of benzene rings is 2. The summed E-state index contributed by atoms with van der Waals surface area (Å²) < 4.78 is 20.6. The van der Waals surface area contributed by atoms with E-state index >= 15 is 0 Å². The molecule has 2 fully saturated rings. The number of nitrogens with zero attached hydrogens (tertiary/aromatic N) is 4. The van der Waals surface area contributed by atoms with Gasteiger partial charge in [0.2, 0.25) is 0 Å². The highest BCUT2D eigenvalue weighted by atomic mass is 35.5. The minimum atomic E-state index is -1.01. The molecule has 2 aromatic carbocycles. The number of hydrogen-bond acceptors (Lipinski definition) is 8. The fourth-order valence-corrected chi connectivity index (χ4v) is 6.19. The maximum atomic E-state index is 11.6. The number of pyridine rings is 1. The van der Waals surface area contributed by atoms with Crippen LogP contribution in [0.25, 0.3) is 11.0 Å². The number of rotatable bonds is 7. The zero-order valence-electron chi connectivity index (χ0n) is 24.2. The number of piperidine rings is 1. The van der Waals surface area contributed by atoms with E-state index in [1.807, 2.05) is 25.1 Å². The highest BCUT2D eigenvalue weighted by Gasteiger charge is 2.42. The molecule has 10 nitrogen and oxygen atoms in total. The molecule has 0 spiro atoms. The van der Waals surface area contributed by atoms with Crippen molar-refractivity contribution in [3.8, 4) is 11.5 Å². The van der Waals surface area contributed by atoms with Gasteiger partial charge in [0, 0.05) is 32.4 Å². The number of carbonyl (C=O) groups is 1. The quantitative estimate of drug-likeness (QED) is 0.292.